The second-order valence-electron chi connectivity index (χ2n) is 3.83. The molecule has 0 unspecified atom stereocenters. The molecule has 0 fully saturated rings. The molecule has 84 valence electrons. The zero-order valence-electron chi connectivity index (χ0n) is 9.26. The number of anilines is 1. The first-order valence-corrected chi connectivity index (χ1v) is 6.41. The SMILES string of the molecule is c1ccc(NCc2csc3ccccc23)nc1. The van der Waals surface area contributed by atoms with Gasteiger partial charge in [0.2, 0.25) is 0 Å². The van der Waals surface area contributed by atoms with Crippen LogP contribution in [0.1, 0.15) is 5.56 Å². The molecule has 17 heavy (non-hydrogen) atoms. The third-order valence-electron chi connectivity index (χ3n) is 2.69. The number of nitrogens with one attached hydrogen (secondary N) is 1. The van der Waals surface area contributed by atoms with E-state index < -0.39 is 0 Å². The fourth-order valence-corrected chi connectivity index (χ4v) is 2.79. The van der Waals surface area contributed by atoms with Gasteiger partial charge < -0.3 is 5.32 Å². The lowest BCUT2D eigenvalue weighted by Gasteiger charge is -2.03. The lowest BCUT2D eigenvalue weighted by Crippen LogP contribution is -1.99. The maximum atomic E-state index is 4.25. The van der Waals surface area contributed by atoms with E-state index in [1.54, 1.807) is 17.5 Å². The van der Waals surface area contributed by atoms with E-state index in [-0.39, 0.29) is 0 Å². The molecule has 0 spiro atoms. The molecule has 0 bridgehead atoms. The van der Waals surface area contributed by atoms with Gasteiger partial charge in [0.1, 0.15) is 5.82 Å². The van der Waals surface area contributed by atoms with Crippen LogP contribution in [-0.2, 0) is 6.54 Å². The van der Waals surface area contributed by atoms with Gasteiger partial charge in [-0.15, -0.1) is 11.3 Å². The Kier molecular flexibility index (Phi) is 2.76. The highest BCUT2D eigenvalue weighted by Gasteiger charge is 2.02. The van der Waals surface area contributed by atoms with Gasteiger partial charge in [0, 0.05) is 17.4 Å². The first-order valence-electron chi connectivity index (χ1n) is 5.53. The minimum atomic E-state index is 0.820. The number of fused-ring (bicyclic) bond motifs is 1. The summed E-state index contributed by atoms with van der Waals surface area (Å²) in [5.74, 6) is 0.919. The summed E-state index contributed by atoms with van der Waals surface area (Å²) in [6.45, 7) is 0.820. The highest BCUT2D eigenvalue weighted by atomic mass is 32.1. The second kappa shape index (κ2) is 4.55. The van der Waals surface area contributed by atoms with E-state index in [4.69, 9.17) is 0 Å². The van der Waals surface area contributed by atoms with Crippen LogP contribution in [0.2, 0.25) is 0 Å². The number of nitrogens with zero attached hydrogens (tertiary/aromatic N) is 1. The van der Waals surface area contributed by atoms with Crippen LogP contribution in [-0.4, -0.2) is 4.98 Å². The maximum absolute atomic E-state index is 4.25. The van der Waals surface area contributed by atoms with Crippen molar-refractivity contribution in [2.45, 2.75) is 6.54 Å². The Bertz CT molecular complexity index is 616. The number of rotatable bonds is 3. The van der Waals surface area contributed by atoms with Crippen LogP contribution in [0.3, 0.4) is 0 Å². The molecule has 0 aliphatic rings. The lowest BCUT2D eigenvalue weighted by molar-refractivity contribution is 1.13. The second-order valence-corrected chi connectivity index (χ2v) is 4.74. The summed E-state index contributed by atoms with van der Waals surface area (Å²) < 4.78 is 1.34. The Hall–Kier alpha value is -1.87. The Morgan fingerprint density at radius 3 is 2.82 bits per heavy atom. The largest absolute Gasteiger partial charge is 0.366 e. The topological polar surface area (TPSA) is 24.9 Å². The van der Waals surface area contributed by atoms with E-state index >= 15 is 0 Å². The Morgan fingerprint density at radius 1 is 1.06 bits per heavy atom. The average molecular weight is 240 g/mol. The number of pyridine rings is 1. The van der Waals surface area contributed by atoms with Gasteiger partial charge in [0.25, 0.3) is 0 Å². The van der Waals surface area contributed by atoms with E-state index in [2.05, 4.69) is 39.9 Å². The number of hydrogen-bond donors (Lipinski definition) is 1. The standard InChI is InChI=1S/C14H12N2S/c1-2-6-13-12(5-1)11(10-17-13)9-16-14-7-3-4-8-15-14/h1-8,10H,9H2,(H,15,16). The van der Waals surface area contributed by atoms with Gasteiger partial charge >= 0.3 is 0 Å². The molecular weight excluding hydrogens is 228 g/mol. The van der Waals surface area contributed by atoms with Crippen LogP contribution in [0, 0.1) is 0 Å². The molecular formula is C14H12N2S. The summed E-state index contributed by atoms with van der Waals surface area (Å²) >= 11 is 1.79. The summed E-state index contributed by atoms with van der Waals surface area (Å²) in [5.41, 5.74) is 1.33. The fourth-order valence-electron chi connectivity index (χ4n) is 1.82. The summed E-state index contributed by atoms with van der Waals surface area (Å²) in [5, 5.41) is 6.88. The molecule has 3 heteroatoms. The van der Waals surface area contributed by atoms with Crippen molar-refractivity contribution >= 4 is 27.2 Å². The monoisotopic (exact) mass is 240 g/mol. The van der Waals surface area contributed by atoms with Gasteiger partial charge in [0.05, 0.1) is 0 Å². The van der Waals surface area contributed by atoms with Gasteiger partial charge in [-0.25, -0.2) is 4.98 Å². The van der Waals surface area contributed by atoms with Crippen LogP contribution >= 0.6 is 11.3 Å². The average Bonchev–Trinajstić information content (AvgIpc) is 2.81. The molecule has 3 aromatic rings. The van der Waals surface area contributed by atoms with Gasteiger partial charge in [0.15, 0.2) is 0 Å². The van der Waals surface area contributed by atoms with Crippen LogP contribution < -0.4 is 5.32 Å². The van der Waals surface area contributed by atoms with Crippen molar-refractivity contribution in [2.24, 2.45) is 0 Å². The van der Waals surface area contributed by atoms with Crippen molar-refractivity contribution in [1.29, 1.82) is 0 Å². The lowest BCUT2D eigenvalue weighted by atomic mass is 10.2. The van der Waals surface area contributed by atoms with E-state index in [1.165, 1.54) is 15.6 Å². The Labute approximate surface area is 104 Å². The van der Waals surface area contributed by atoms with Gasteiger partial charge in [-0.05, 0) is 34.5 Å². The molecule has 0 saturated carbocycles. The van der Waals surface area contributed by atoms with Crippen LogP contribution in [0.25, 0.3) is 10.1 Å². The zero-order valence-corrected chi connectivity index (χ0v) is 10.1. The Balaban J connectivity index is 1.82. The molecule has 2 aromatic heterocycles. The molecule has 0 radical (unpaired) electrons. The van der Waals surface area contributed by atoms with Crippen molar-refractivity contribution < 1.29 is 0 Å². The molecule has 0 aliphatic carbocycles. The molecule has 2 nitrogen and oxygen atoms in total. The summed E-state index contributed by atoms with van der Waals surface area (Å²) in [7, 11) is 0. The minimum Gasteiger partial charge on any atom is -0.366 e. The van der Waals surface area contributed by atoms with Gasteiger partial charge in [-0.1, -0.05) is 24.3 Å². The van der Waals surface area contributed by atoms with Crippen molar-refractivity contribution in [1.82, 2.24) is 4.98 Å². The third kappa shape index (κ3) is 2.15. The third-order valence-corrected chi connectivity index (χ3v) is 3.70. The van der Waals surface area contributed by atoms with Crippen molar-refractivity contribution in [3.05, 3.63) is 59.6 Å². The van der Waals surface area contributed by atoms with Crippen molar-refractivity contribution in [3.63, 3.8) is 0 Å². The molecule has 0 aliphatic heterocycles. The van der Waals surface area contributed by atoms with Crippen LogP contribution in [0.5, 0.6) is 0 Å². The highest BCUT2D eigenvalue weighted by molar-refractivity contribution is 7.17. The van der Waals surface area contributed by atoms with Crippen molar-refractivity contribution in [2.75, 3.05) is 5.32 Å². The fraction of sp³-hybridized carbons (Fsp3) is 0.0714. The van der Waals surface area contributed by atoms with Crippen LogP contribution in [0.15, 0.2) is 54.0 Å². The van der Waals surface area contributed by atoms with E-state index in [9.17, 15) is 0 Å². The highest BCUT2D eigenvalue weighted by Crippen LogP contribution is 2.25. The van der Waals surface area contributed by atoms with Crippen molar-refractivity contribution in [3.8, 4) is 0 Å². The van der Waals surface area contributed by atoms with Gasteiger partial charge in [-0.3, -0.25) is 0 Å². The first kappa shape index (κ1) is 10.3. The number of thiophene rings is 1. The molecule has 3 rings (SSSR count). The first-order chi connectivity index (χ1) is 8.43. The molecule has 0 saturated heterocycles. The van der Waals surface area contributed by atoms with Gasteiger partial charge in [-0.2, -0.15) is 0 Å². The quantitative estimate of drug-likeness (QED) is 0.750. The van der Waals surface area contributed by atoms with E-state index in [0.29, 0.717) is 0 Å². The van der Waals surface area contributed by atoms with Crippen LogP contribution in [0.4, 0.5) is 5.82 Å². The van der Waals surface area contributed by atoms with E-state index in [0.717, 1.165) is 12.4 Å². The number of benzene rings is 1. The predicted molar refractivity (Wildman–Crippen MR) is 73.4 cm³/mol. The summed E-state index contributed by atoms with van der Waals surface area (Å²) in [6.07, 6.45) is 1.80. The summed E-state index contributed by atoms with van der Waals surface area (Å²) in [6, 6.07) is 14.4. The number of aromatic nitrogens is 1. The molecule has 1 N–H and O–H groups in total. The predicted octanol–water partition coefficient (Wildman–Crippen LogP) is 3.91. The molecule has 0 amide bonds. The molecule has 0 atom stereocenters. The molecule has 1 aromatic carbocycles. The number of hydrogen-bond acceptors (Lipinski definition) is 3. The maximum Gasteiger partial charge on any atom is 0.126 e. The zero-order chi connectivity index (χ0) is 11.5. The summed E-state index contributed by atoms with van der Waals surface area (Å²) in [4.78, 5) is 4.25. The normalized spacial score (nSPS) is 10.6. The molecule has 2 heterocycles. The smallest absolute Gasteiger partial charge is 0.126 e. The Morgan fingerprint density at radius 2 is 1.94 bits per heavy atom. The van der Waals surface area contributed by atoms with E-state index in [1.807, 2.05) is 18.2 Å². The minimum absolute atomic E-state index is 0.820.